The van der Waals surface area contributed by atoms with Crippen LogP contribution in [0, 0.1) is 0 Å². The molecule has 5 heteroatoms. The van der Waals surface area contributed by atoms with Gasteiger partial charge in [-0.1, -0.05) is 36.4 Å². The number of aromatic nitrogens is 2. The molecule has 0 aliphatic carbocycles. The molecule has 0 saturated heterocycles. The molecule has 0 fully saturated rings. The van der Waals surface area contributed by atoms with Crippen molar-refractivity contribution in [2.24, 2.45) is 0 Å². The van der Waals surface area contributed by atoms with E-state index in [1.165, 1.54) is 27.6 Å². The van der Waals surface area contributed by atoms with Crippen LogP contribution in [0.5, 0.6) is 0 Å². The molecular formula is C28H31N5. The molecule has 0 amide bonds. The first-order chi connectivity index (χ1) is 16.2. The summed E-state index contributed by atoms with van der Waals surface area (Å²) < 4.78 is 0. The van der Waals surface area contributed by atoms with Gasteiger partial charge in [0.15, 0.2) is 0 Å². The lowest BCUT2D eigenvalue weighted by Gasteiger charge is -2.32. The third kappa shape index (κ3) is 4.90. The molecule has 2 aromatic heterocycles. The molecule has 0 radical (unpaired) electrons. The Balaban J connectivity index is 1.32. The lowest BCUT2D eigenvalue weighted by Crippen LogP contribution is -2.36. The maximum absolute atomic E-state index is 4.55. The van der Waals surface area contributed by atoms with Gasteiger partial charge in [0.1, 0.15) is 0 Å². The van der Waals surface area contributed by atoms with Crippen LogP contribution in [0.25, 0.3) is 10.8 Å². The Morgan fingerprint density at radius 2 is 1.42 bits per heavy atom. The van der Waals surface area contributed by atoms with E-state index in [1.54, 1.807) is 0 Å². The summed E-state index contributed by atoms with van der Waals surface area (Å²) in [5.41, 5.74) is 6.34. The van der Waals surface area contributed by atoms with Crippen molar-refractivity contribution in [3.05, 3.63) is 102 Å². The van der Waals surface area contributed by atoms with Gasteiger partial charge in [-0.25, -0.2) is 0 Å². The Labute approximate surface area is 196 Å². The van der Waals surface area contributed by atoms with Gasteiger partial charge in [0.25, 0.3) is 0 Å². The fraction of sp³-hybridized carbons (Fsp3) is 0.286. The zero-order valence-corrected chi connectivity index (χ0v) is 19.5. The second kappa shape index (κ2) is 9.69. The number of nitrogens with zero attached hydrogens (tertiary/aromatic N) is 5. The highest BCUT2D eigenvalue weighted by Crippen LogP contribution is 2.35. The molecule has 5 rings (SSSR count). The number of hydrogen-bond acceptors (Lipinski definition) is 5. The van der Waals surface area contributed by atoms with Crippen LogP contribution in [0.4, 0.5) is 5.69 Å². The highest BCUT2D eigenvalue weighted by molar-refractivity contribution is 5.98. The number of benzene rings is 2. The van der Waals surface area contributed by atoms with Crippen molar-refractivity contribution < 1.29 is 0 Å². The first kappa shape index (κ1) is 21.6. The van der Waals surface area contributed by atoms with Gasteiger partial charge < -0.3 is 4.90 Å². The molecular weight excluding hydrogens is 406 g/mol. The Morgan fingerprint density at radius 1 is 0.758 bits per heavy atom. The second-order valence-corrected chi connectivity index (χ2v) is 9.04. The van der Waals surface area contributed by atoms with Crippen LogP contribution in [0.1, 0.15) is 22.5 Å². The van der Waals surface area contributed by atoms with Crippen molar-refractivity contribution in [1.82, 2.24) is 19.8 Å². The number of anilines is 1. The first-order valence-electron chi connectivity index (χ1n) is 11.6. The van der Waals surface area contributed by atoms with Gasteiger partial charge in [0.2, 0.25) is 0 Å². The van der Waals surface area contributed by atoms with Crippen molar-refractivity contribution in [2.45, 2.75) is 26.2 Å². The van der Waals surface area contributed by atoms with Crippen molar-refractivity contribution in [3.63, 3.8) is 0 Å². The smallest absolute Gasteiger partial charge is 0.0544 e. The average molecular weight is 438 g/mol. The van der Waals surface area contributed by atoms with Crippen LogP contribution in [-0.4, -0.2) is 47.0 Å². The summed E-state index contributed by atoms with van der Waals surface area (Å²) in [5.74, 6) is 0. The number of hydrogen-bond donors (Lipinski definition) is 0. The average Bonchev–Trinajstić information content (AvgIpc) is 2.84. The Bertz CT molecular complexity index is 1150. The second-order valence-electron chi connectivity index (χ2n) is 9.04. The molecule has 4 aromatic rings. The Hall–Kier alpha value is -3.28. The van der Waals surface area contributed by atoms with Gasteiger partial charge in [-0.3, -0.25) is 19.8 Å². The quantitative estimate of drug-likeness (QED) is 0.399. The molecule has 1 aliphatic rings. The van der Waals surface area contributed by atoms with Gasteiger partial charge in [0.05, 0.1) is 11.4 Å². The molecule has 0 spiro atoms. The van der Waals surface area contributed by atoms with E-state index in [1.807, 2.05) is 24.5 Å². The predicted octanol–water partition coefficient (Wildman–Crippen LogP) is 4.71. The van der Waals surface area contributed by atoms with E-state index in [4.69, 9.17) is 0 Å². The summed E-state index contributed by atoms with van der Waals surface area (Å²) in [6.07, 6.45) is 3.75. The molecule has 0 saturated carbocycles. The molecule has 168 valence electrons. The molecule has 5 nitrogen and oxygen atoms in total. The third-order valence-corrected chi connectivity index (χ3v) is 6.42. The number of pyridine rings is 2. The monoisotopic (exact) mass is 437 g/mol. The van der Waals surface area contributed by atoms with Gasteiger partial charge in [0, 0.05) is 76.8 Å². The summed E-state index contributed by atoms with van der Waals surface area (Å²) >= 11 is 0. The molecule has 0 atom stereocenters. The Kier molecular flexibility index (Phi) is 6.33. The lowest BCUT2D eigenvalue weighted by atomic mass is 9.94. The van der Waals surface area contributed by atoms with E-state index in [-0.39, 0.29) is 0 Å². The van der Waals surface area contributed by atoms with Crippen LogP contribution in [0.15, 0.2) is 79.1 Å². The molecule has 2 aromatic carbocycles. The SMILES string of the molecule is CN(C)c1ccc2c3c(cccc13)CN(CCN(Cc1ccccn1)Cc1ccccn1)C2. The summed E-state index contributed by atoms with van der Waals surface area (Å²) in [6, 6.07) is 23.6. The van der Waals surface area contributed by atoms with Gasteiger partial charge in [-0.15, -0.1) is 0 Å². The summed E-state index contributed by atoms with van der Waals surface area (Å²) in [7, 11) is 4.24. The maximum Gasteiger partial charge on any atom is 0.0544 e. The van der Waals surface area contributed by atoms with Gasteiger partial charge in [-0.2, -0.15) is 0 Å². The summed E-state index contributed by atoms with van der Waals surface area (Å²) in [5, 5.41) is 2.81. The normalized spacial score (nSPS) is 13.5. The molecule has 0 unspecified atom stereocenters. The van der Waals surface area contributed by atoms with Crippen LogP contribution >= 0.6 is 0 Å². The van der Waals surface area contributed by atoms with Crippen molar-refractivity contribution in [3.8, 4) is 0 Å². The standard InChI is InChI=1S/C28H31N5/c1-31(2)27-13-12-23-19-32(18-22-8-7-11-26(27)28(22)23)16-17-33(20-24-9-3-5-14-29-24)21-25-10-4-6-15-30-25/h3-15H,16-21H2,1-2H3. The van der Waals surface area contributed by atoms with E-state index in [2.05, 4.69) is 93.4 Å². The highest BCUT2D eigenvalue weighted by atomic mass is 15.2. The van der Waals surface area contributed by atoms with Crippen molar-refractivity contribution >= 4 is 16.5 Å². The first-order valence-corrected chi connectivity index (χ1v) is 11.6. The van der Waals surface area contributed by atoms with E-state index >= 15 is 0 Å². The number of rotatable bonds is 8. The van der Waals surface area contributed by atoms with E-state index < -0.39 is 0 Å². The molecule has 3 heterocycles. The summed E-state index contributed by atoms with van der Waals surface area (Å²) in [4.78, 5) is 16.3. The minimum absolute atomic E-state index is 0.823. The van der Waals surface area contributed by atoms with Crippen molar-refractivity contribution in [2.75, 3.05) is 32.1 Å². The lowest BCUT2D eigenvalue weighted by molar-refractivity contribution is 0.178. The Morgan fingerprint density at radius 3 is 2.03 bits per heavy atom. The predicted molar refractivity (Wildman–Crippen MR) is 135 cm³/mol. The maximum atomic E-state index is 4.55. The molecule has 0 bridgehead atoms. The van der Waals surface area contributed by atoms with Crippen molar-refractivity contribution in [1.29, 1.82) is 0 Å². The van der Waals surface area contributed by atoms with Crippen LogP contribution in [-0.2, 0) is 26.2 Å². The third-order valence-electron chi connectivity index (χ3n) is 6.42. The molecule has 1 aliphatic heterocycles. The van der Waals surface area contributed by atoms with Crippen LogP contribution < -0.4 is 4.90 Å². The largest absolute Gasteiger partial charge is 0.377 e. The zero-order chi connectivity index (χ0) is 22.6. The minimum Gasteiger partial charge on any atom is -0.377 e. The fourth-order valence-corrected chi connectivity index (χ4v) is 4.83. The topological polar surface area (TPSA) is 35.5 Å². The van der Waals surface area contributed by atoms with E-state index in [0.29, 0.717) is 0 Å². The highest BCUT2D eigenvalue weighted by Gasteiger charge is 2.21. The minimum atomic E-state index is 0.823. The van der Waals surface area contributed by atoms with Gasteiger partial charge in [-0.05, 0) is 46.8 Å². The van der Waals surface area contributed by atoms with Crippen LogP contribution in [0.3, 0.4) is 0 Å². The summed E-state index contributed by atoms with van der Waals surface area (Å²) in [6.45, 7) is 5.59. The van der Waals surface area contributed by atoms with Gasteiger partial charge >= 0.3 is 0 Å². The van der Waals surface area contributed by atoms with Crippen LogP contribution in [0.2, 0.25) is 0 Å². The fourth-order valence-electron chi connectivity index (χ4n) is 4.83. The molecule has 0 N–H and O–H groups in total. The van der Waals surface area contributed by atoms with E-state index in [0.717, 1.165) is 50.7 Å². The van der Waals surface area contributed by atoms with E-state index in [9.17, 15) is 0 Å². The molecule has 33 heavy (non-hydrogen) atoms. The zero-order valence-electron chi connectivity index (χ0n) is 19.5.